The molecule has 2 atom stereocenters. The number of rotatable bonds is 4. The third-order valence-corrected chi connectivity index (χ3v) is 4.58. The number of carbonyl (C=O) groups is 2. The number of carboxylic acid groups (broad SMARTS) is 1. The van der Waals surface area contributed by atoms with E-state index in [0.29, 0.717) is 21.3 Å². The molecule has 5 nitrogen and oxygen atoms in total. The number of carboxylic acids is 1. The summed E-state index contributed by atoms with van der Waals surface area (Å²) in [5.74, 6) is -2.34. The van der Waals surface area contributed by atoms with Gasteiger partial charge in [0.25, 0.3) is 0 Å². The zero-order valence-electron chi connectivity index (χ0n) is 13.0. The lowest BCUT2D eigenvalue weighted by molar-refractivity contribution is -0.147. The minimum Gasteiger partial charge on any atom is -0.480 e. The summed E-state index contributed by atoms with van der Waals surface area (Å²) in [5, 5.41) is 12.9. The lowest BCUT2D eigenvalue weighted by Crippen LogP contribution is -2.37. The number of esters is 1. The van der Waals surface area contributed by atoms with Gasteiger partial charge in [-0.25, -0.2) is 4.79 Å². The second-order valence-electron chi connectivity index (χ2n) is 5.77. The van der Waals surface area contributed by atoms with Crippen molar-refractivity contribution < 1.29 is 19.4 Å². The second kappa shape index (κ2) is 7.33. The highest BCUT2D eigenvalue weighted by Crippen LogP contribution is 2.41. The van der Waals surface area contributed by atoms with E-state index in [-0.39, 0.29) is 13.0 Å². The Balaban J connectivity index is 1.86. The lowest BCUT2D eigenvalue weighted by Gasteiger charge is -2.30. The number of ether oxygens (including phenoxy) is 1. The average Bonchev–Trinajstić information content (AvgIpc) is 2.59. The Labute approximate surface area is 154 Å². The van der Waals surface area contributed by atoms with Crippen LogP contribution in [-0.2, 0) is 20.9 Å². The summed E-state index contributed by atoms with van der Waals surface area (Å²) in [6, 6.07) is 11.4. The van der Waals surface area contributed by atoms with E-state index in [1.807, 2.05) is 30.3 Å². The predicted octanol–water partition coefficient (Wildman–Crippen LogP) is 4.09. The molecule has 0 saturated carbocycles. The van der Waals surface area contributed by atoms with Gasteiger partial charge in [0.15, 0.2) is 0 Å². The van der Waals surface area contributed by atoms with Crippen molar-refractivity contribution in [3.63, 3.8) is 0 Å². The molecule has 0 aromatic heterocycles. The molecule has 1 aliphatic heterocycles. The lowest BCUT2D eigenvalue weighted by atomic mass is 9.87. The van der Waals surface area contributed by atoms with Crippen molar-refractivity contribution in [3.8, 4) is 0 Å². The number of fused-ring (bicyclic) bond motifs is 1. The first kappa shape index (κ1) is 17.6. The van der Waals surface area contributed by atoms with Crippen LogP contribution in [0.5, 0.6) is 0 Å². The fourth-order valence-corrected chi connectivity index (χ4v) is 3.49. The highest BCUT2D eigenvalue weighted by Gasteiger charge is 2.37. The number of carbonyl (C=O) groups excluding carboxylic acids is 1. The van der Waals surface area contributed by atoms with Gasteiger partial charge in [0.1, 0.15) is 12.6 Å². The summed E-state index contributed by atoms with van der Waals surface area (Å²) in [4.78, 5) is 24.0. The Bertz CT molecular complexity index is 810. The largest absolute Gasteiger partial charge is 0.480 e. The van der Waals surface area contributed by atoms with Crippen LogP contribution in [0.25, 0.3) is 0 Å². The van der Waals surface area contributed by atoms with Gasteiger partial charge in [-0.3, -0.25) is 4.79 Å². The van der Waals surface area contributed by atoms with E-state index >= 15 is 0 Å². The fraction of sp³-hybridized carbons (Fsp3) is 0.222. The topological polar surface area (TPSA) is 75.6 Å². The summed E-state index contributed by atoms with van der Waals surface area (Å²) >= 11 is 12.2. The first-order chi connectivity index (χ1) is 12.0. The molecule has 2 aromatic rings. The van der Waals surface area contributed by atoms with Gasteiger partial charge < -0.3 is 15.2 Å². The van der Waals surface area contributed by atoms with E-state index in [2.05, 4.69) is 5.32 Å². The molecule has 2 aromatic carbocycles. The highest BCUT2D eigenvalue weighted by molar-refractivity contribution is 6.36. The molecular formula is C18H15Cl2NO4. The van der Waals surface area contributed by atoms with Crippen LogP contribution in [0.4, 0.5) is 5.69 Å². The van der Waals surface area contributed by atoms with Gasteiger partial charge in [-0.15, -0.1) is 0 Å². The Hall–Kier alpha value is -2.24. The average molecular weight is 380 g/mol. The number of anilines is 1. The molecule has 1 heterocycles. The van der Waals surface area contributed by atoms with Gasteiger partial charge in [0.2, 0.25) is 0 Å². The molecule has 0 fully saturated rings. The maximum absolute atomic E-state index is 12.6. The number of hydrogen-bond donors (Lipinski definition) is 2. The van der Waals surface area contributed by atoms with Crippen LogP contribution in [0.3, 0.4) is 0 Å². The van der Waals surface area contributed by atoms with E-state index in [9.17, 15) is 14.7 Å². The summed E-state index contributed by atoms with van der Waals surface area (Å²) in [5.41, 5.74) is 1.81. The Kier molecular flexibility index (Phi) is 5.16. The Morgan fingerprint density at radius 2 is 1.92 bits per heavy atom. The van der Waals surface area contributed by atoms with E-state index in [4.69, 9.17) is 27.9 Å². The third kappa shape index (κ3) is 3.89. The van der Waals surface area contributed by atoms with Crippen molar-refractivity contribution in [2.45, 2.75) is 25.0 Å². The summed E-state index contributed by atoms with van der Waals surface area (Å²) in [7, 11) is 0. The molecule has 0 amide bonds. The van der Waals surface area contributed by atoms with Crippen LogP contribution in [-0.4, -0.2) is 23.1 Å². The molecule has 7 heteroatoms. The standard InChI is InChI=1S/C18H15Cl2NO4/c19-11-6-13(20)16-12(8-15(17(22)23)21-14(16)7-11)18(24)25-9-10-4-2-1-3-5-10/h1-7,12,15,21H,8-9H2,(H,22,23)/t12-,15+/m0/s1. The molecular weight excluding hydrogens is 365 g/mol. The molecule has 25 heavy (non-hydrogen) atoms. The minimum absolute atomic E-state index is 0.0529. The normalized spacial score (nSPS) is 18.8. The van der Waals surface area contributed by atoms with Crippen LogP contribution >= 0.6 is 23.2 Å². The molecule has 130 valence electrons. The summed E-state index contributed by atoms with van der Waals surface area (Å²) in [6.45, 7) is 0.113. The van der Waals surface area contributed by atoms with E-state index in [0.717, 1.165) is 5.56 Å². The molecule has 0 spiro atoms. The van der Waals surface area contributed by atoms with Crippen molar-refractivity contribution >= 4 is 40.8 Å². The van der Waals surface area contributed by atoms with Crippen LogP contribution in [0.15, 0.2) is 42.5 Å². The maximum atomic E-state index is 12.6. The molecule has 0 radical (unpaired) electrons. The SMILES string of the molecule is O=C(OCc1ccccc1)[C@H]1C[C@H](C(=O)O)Nc2cc(Cl)cc(Cl)c21. The van der Waals surface area contributed by atoms with Gasteiger partial charge in [-0.2, -0.15) is 0 Å². The zero-order valence-corrected chi connectivity index (χ0v) is 14.6. The second-order valence-corrected chi connectivity index (χ2v) is 6.61. The smallest absolute Gasteiger partial charge is 0.326 e. The number of aliphatic carboxylic acids is 1. The van der Waals surface area contributed by atoms with Gasteiger partial charge in [0.05, 0.1) is 5.92 Å². The Morgan fingerprint density at radius 1 is 1.20 bits per heavy atom. The molecule has 0 bridgehead atoms. The van der Waals surface area contributed by atoms with Gasteiger partial charge in [0, 0.05) is 21.3 Å². The Morgan fingerprint density at radius 3 is 2.60 bits per heavy atom. The number of hydrogen-bond acceptors (Lipinski definition) is 4. The van der Waals surface area contributed by atoms with E-state index in [1.165, 1.54) is 6.07 Å². The van der Waals surface area contributed by atoms with Gasteiger partial charge in [-0.05, 0) is 24.1 Å². The number of benzene rings is 2. The summed E-state index contributed by atoms with van der Waals surface area (Å²) < 4.78 is 5.39. The van der Waals surface area contributed by atoms with Crippen molar-refractivity contribution in [2.24, 2.45) is 0 Å². The van der Waals surface area contributed by atoms with Crippen molar-refractivity contribution in [1.82, 2.24) is 0 Å². The molecule has 2 N–H and O–H groups in total. The molecule has 1 aliphatic rings. The third-order valence-electron chi connectivity index (χ3n) is 4.05. The maximum Gasteiger partial charge on any atom is 0.326 e. The zero-order chi connectivity index (χ0) is 18.0. The highest BCUT2D eigenvalue weighted by atomic mass is 35.5. The van der Waals surface area contributed by atoms with Crippen molar-refractivity contribution in [1.29, 1.82) is 0 Å². The molecule has 3 rings (SSSR count). The van der Waals surface area contributed by atoms with Crippen LogP contribution in [0.2, 0.25) is 10.0 Å². The first-order valence-corrected chi connectivity index (χ1v) is 8.40. The molecule has 0 unspecified atom stereocenters. The number of halogens is 2. The van der Waals surface area contributed by atoms with Crippen molar-refractivity contribution in [3.05, 3.63) is 63.6 Å². The van der Waals surface area contributed by atoms with E-state index < -0.39 is 23.9 Å². The first-order valence-electron chi connectivity index (χ1n) is 7.64. The van der Waals surface area contributed by atoms with Gasteiger partial charge >= 0.3 is 11.9 Å². The van der Waals surface area contributed by atoms with Crippen LogP contribution in [0, 0.1) is 0 Å². The van der Waals surface area contributed by atoms with Crippen molar-refractivity contribution in [2.75, 3.05) is 5.32 Å². The monoisotopic (exact) mass is 379 g/mol. The fourth-order valence-electron chi connectivity index (χ4n) is 2.86. The summed E-state index contributed by atoms with van der Waals surface area (Å²) in [6.07, 6.45) is 0.0529. The molecule has 0 aliphatic carbocycles. The molecule has 0 saturated heterocycles. The van der Waals surface area contributed by atoms with E-state index in [1.54, 1.807) is 6.07 Å². The predicted molar refractivity (Wildman–Crippen MR) is 95.1 cm³/mol. The van der Waals surface area contributed by atoms with Crippen LogP contribution in [0.1, 0.15) is 23.5 Å². The number of nitrogens with one attached hydrogen (secondary N) is 1. The minimum atomic E-state index is -1.05. The van der Waals surface area contributed by atoms with Crippen LogP contribution < -0.4 is 5.32 Å². The van der Waals surface area contributed by atoms with Gasteiger partial charge in [-0.1, -0.05) is 53.5 Å². The quantitative estimate of drug-likeness (QED) is 0.782.